The third kappa shape index (κ3) is 3.60. The number of hydrogen-bond acceptors (Lipinski definition) is 7. The van der Waals surface area contributed by atoms with Gasteiger partial charge in [-0.3, -0.25) is 10.1 Å². The number of nitrogen functional groups attached to an aromatic ring is 1. The van der Waals surface area contributed by atoms with Crippen molar-refractivity contribution in [1.29, 1.82) is 0 Å². The van der Waals surface area contributed by atoms with Gasteiger partial charge in [0.15, 0.2) is 0 Å². The number of sulfonamides is 1. The van der Waals surface area contributed by atoms with E-state index in [2.05, 4.69) is 36.0 Å². The number of nitrogens with two attached hydrogens (primary N) is 1. The van der Waals surface area contributed by atoms with Crippen LogP contribution in [0.2, 0.25) is 0 Å². The molecule has 21 heavy (non-hydrogen) atoms. The molecule has 2 rings (SSSR count). The third-order valence-corrected chi connectivity index (χ3v) is 4.29. The summed E-state index contributed by atoms with van der Waals surface area (Å²) >= 11 is 3.27. The number of benzene rings is 1. The highest BCUT2D eigenvalue weighted by atomic mass is 79.9. The lowest BCUT2D eigenvalue weighted by atomic mass is 10.3. The van der Waals surface area contributed by atoms with Gasteiger partial charge < -0.3 is 4.74 Å². The van der Waals surface area contributed by atoms with Crippen LogP contribution < -0.4 is 20.7 Å². The molecule has 0 saturated carbocycles. The number of aromatic nitrogens is 2. The summed E-state index contributed by atoms with van der Waals surface area (Å²) in [6, 6.07) is 4.97. The van der Waals surface area contributed by atoms with Crippen molar-refractivity contribution in [1.82, 2.24) is 9.97 Å². The largest absolute Gasteiger partial charge is 0.495 e. The first-order chi connectivity index (χ1) is 9.96. The monoisotopic (exact) mass is 373 g/mol. The van der Waals surface area contributed by atoms with Gasteiger partial charge >= 0.3 is 0 Å². The second-order valence-electron chi connectivity index (χ2n) is 3.84. The summed E-state index contributed by atoms with van der Waals surface area (Å²) < 4.78 is 32.8. The Morgan fingerprint density at radius 1 is 1.29 bits per heavy atom. The Hall–Kier alpha value is -1.91. The predicted molar refractivity (Wildman–Crippen MR) is 81.3 cm³/mol. The molecule has 8 nitrogen and oxygen atoms in total. The van der Waals surface area contributed by atoms with Crippen molar-refractivity contribution in [2.24, 2.45) is 5.84 Å². The first-order valence-corrected chi connectivity index (χ1v) is 7.89. The van der Waals surface area contributed by atoms with Gasteiger partial charge in [-0.1, -0.05) is 15.9 Å². The molecule has 0 aliphatic rings. The maximum absolute atomic E-state index is 12.3. The highest BCUT2D eigenvalue weighted by molar-refractivity contribution is 9.10. The number of anilines is 2. The van der Waals surface area contributed by atoms with E-state index in [1.807, 2.05) is 0 Å². The van der Waals surface area contributed by atoms with E-state index in [0.717, 1.165) is 12.4 Å². The fourth-order valence-corrected chi connectivity index (χ4v) is 2.80. The zero-order valence-corrected chi connectivity index (χ0v) is 13.3. The number of ether oxygens (including phenoxy) is 1. The van der Waals surface area contributed by atoms with Crippen molar-refractivity contribution in [2.45, 2.75) is 4.90 Å². The molecule has 1 heterocycles. The maximum atomic E-state index is 12.3. The summed E-state index contributed by atoms with van der Waals surface area (Å²) in [5, 5.41) is 0. The summed E-state index contributed by atoms with van der Waals surface area (Å²) in [5.41, 5.74) is 2.52. The molecule has 0 fully saturated rings. The van der Waals surface area contributed by atoms with E-state index in [-0.39, 0.29) is 10.8 Å². The highest BCUT2D eigenvalue weighted by Gasteiger charge is 2.18. The Morgan fingerprint density at radius 3 is 2.52 bits per heavy atom. The van der Waals surface area contributed by atoms with Gasteiger partial charge in [-0.2, -0.15) is 0 Å². The number of rotatable bonds is 5. The Bertz CT molecular complexity index is 736. The van der Waals surface area contributed by atoms with Gasteiger partial charge in [-0.05, 0) is 18.2 Å². The van der Waals surface area contributed by atoms with Crippen LogP contribution >= 0.6 is 15.9 Å². The number of hydrazine groups is 1. The van der Waals surface area contributed by atoms with Crippen LogP contribution in [0.4, 0.5) is 11.6 Å². The van der Waals surface area contributed by atoms with Crippen molar-refractivity contribution < 1.29 is 13.2 Å². The molecular weight excluding hydrogens is 362 g/mol. The molecule has 0 spiro atoms. The van der Waals surface area contributed by atoms with Gasteiger partial charge in [0.25, 0.3) is 10.0 Å². The molecule has 10 heteroatoms. The summed E-state index contributed by atoms with van der Waals surface area (Å²) in [5.74, 6) is 5.64. The van der Waals surface area contributed by atoms with E-state index in [0.29, 0.717) is 15.9 Å². The number of halogens is 1. The molecule has 0 bridgehead atoms. The van der Waals surface area contributed by atoms with E-state index in [4.69, 9.17) is 10.6 Å². The van der Waals surface area contributed by atoms with Crippen LogP contribution in [0.5, 0.6) is 5.75 Å². The van der Waals surface area contributed by atoms with Crippen LogP contribution in [0.25, 0.3) is 0 Å². The summed E-state index contributed by atoms with van der Waals surface area (Å²) in [6.07, 6.45) is 2.30. The minimum Gasteiger partial charge on any atom is -0.495 e. The molecule has 0 atom stereocenters. The number of methoxy groups -OCH3 is 1. The molecular formula is C11H12BrN5O3S. The first-order valence-electron chi connectivity index (χ1n) is 5.61. The molecule has 1 aromatic carbocycles. The van der Waals surface area contributed by atoms with Gasteiger partial charge in [0.1, 0.15) is 10.6 Å². The molecule has 4 N–H and O–H groups in total. The van der Waals surface area contributed by atoms with E-state index in [1.165, 1.54) is 7.11 Å². The lowest BCUT2D eigenvalue weighted by Crippen LogP contribution is -2.16. The molecule has 0 aliphatic heterocycles. The first kappa shape index (κ1) is 15.5. The molecule has 0 unspecified atom stereocenters. The molecule has 112 valence electrons. The minimum atomic E-state index is -3.83. The average Bonchev–Trinajstić information content (AvgIpc) is 2.47. The van der Waals surface area contributed by atoms with Crippen LogP contribution in [0.3, 0.4) is 0 Å². The van der Waals surface area contributed by atoms with Crippen molar-refractivity contribution in [2.75, 3.05) is 17.3 Å². The van der Waals surface area contributed by atoms with Crippen molar-refractivity contribution in [3.8, 4) is 5.75 Å². The standard InChI is InChI=1S/C11H12BrN5O3S/c1-20-10-3-2-7(12)4-9(10)17-21(18,19)8-5-14-11(16-13)15-6-8/h2-6,17H,13H2,1H3,(H,14,15,16). The molecule has 0 saturated heterocycles. The van der Waals surface area contributed by atoms with E-state index >= 15 is 0 Å². The fraction of sp³-hybridized carbons (Fsp3) is 0.0909. The molecule has 0 aliphatic carbocycles. The summed E-state index contributed by atoms with van der Waals surface area (Å²) in [4.78, 5) is 7.42. The summed E-state index contributed by atoms with van der Waals surface area (Å²) in [7, 11) is -2.38. The van der Waals surface area contributed by atoms with Gasteiger partial charge in [0.2, 0.25) is 5.95 Å². The number of hydrogen-bond donors (Lipinski definition) is 3. The Kier molecular flexibility index (Phi) is 4.60. The Morgan fingerprint density at radius 2 is 1.95 bits per heavy atom. The van der Waals surface area contributed by atoms with Crippen LogP contribution in [-0.4, -0.2) is 25.5 Å². The Balaban J connectivity index is 2.34. The van der Waals surface area contributed by atoms with E-state index < -0.39 is 10.0 Å². The van der Waals surface area contributed by atoms with Crippen LogP contribution in [0.15, 0.2) is 40.0 Å². The van der Waals surface area contributed by atoms with Gasteiger partial charge in [-0.15, -0.1) is 0 Å². The molecule has 2 aromatic rings. The number of nitrogens with zero attached hydrogens (tertiary/aromatic N) is 2. The van der Waals surface area contributed by atoms with Crippen molar-refractivity contribution in [3.63, 3.8) is 0 Å². The third-order valence-electron chi connectivity index (χ3n) is 2.47. The fourth-order valence-electron chi connectivity index (χ4n) is 1.49. The van der Waals surface area contributed by atoms with E-state index in [9.17, 15) is 8.42 Å². The topological polar surface area (TPSA) is 119 Å². The van der Waals surface area contributed by atoms with Crippen molar-refractivity contribution in [3.05, 3.63) is 35.1 Å². The molecule has 1 aromatic heterocycles. The second-order valence-corrected chi connectivity index (χ2v) is 6.43. The van der Waals surface area contributed by atoms with Crippen LogP contribution in [0, 0.1) is 0 Å². The predicted octanol–water partition coefficient (Wildman–Crippen LogP) is 1.33. The van der Waals surface area contributed by atoms with Crippen LogP contribution in [-0.2, 0) is 10.0 Å². The lowest BCUT2D eigenvalue weighted by Gasteiger charge is -2.12. The summed E-state index contributed by atoms with van der Waals surface area (Å²) in [6.45, 7) is 0. The highest BCUT2D eigenvalue weighted by Crippen LogP contribution is 2.29. The minimum absolute atomic E-state index is 0.0940. The van der Waals surface area contributed by atoms with Gasteiger partial charge in [0, 0.05) is 4.47 Å². The van der Waals surface area contributed by atoms with Gasteiger partial charge in [0.05, 0.1) is 25.2 Å². The lowest BCUT2D eigenvalue weighted by molar-refractivity contribution is 0.417. The van der Waals surface area contributed by atoms with Crippen molar-refractivity contribution >= 4 is 37.6 Å². The molecule has 0 radical (unpaired) electrons. The zero-order valence-electron chi connectivity index (χ0n) is 10.9. The smallest absolute Gasteiger partial charge is 0.265 e. The molecule has 0 amide bonds. The SMILES string of the molecule is COc1ccc(Br)cc1NS(=O)(=O)c1cnc(NN)nc1. The second kappa shape index (κ2) is 6.24. The Labute approximate surface area is 129 Å². The average molecular weight is 374 g/mol. The zero-order chi connectivity index (χ0) is 15.5. The number of nitrogens with one attached hydrogen (secondary N) is 2. The maximum Gasteiger partial charge on any atom is 0.265 e. The normalized spacial score (nSPS) is 11.0. The van der Waals surface area contributed by atoms with Crippen LogP contribution in [0.1, 0.15) is 0 Å². The quantitative estimate of drug-likeness (QED) is 0.534. The van der Waals surface area contributed by atoms with Gasteiger partial charge in [-0.25, -0.2) is 24.2 Å². The van der Waals surface area contributed by atoms with E-state index in [1.54, 1.807) is 18.2 Å².